The van der Waals surface area contributed by atoms with E-state index in [-0.39, 0.29) is 6.09 Å². The molecule has 1 aromatic rings. The number of carbonyl (C=O) groups excluding carboxylic acids is 1. The lowest BCUT2D eigenvalue weighted by atomic mass is 9.97. The molecule has 1 saturated heterocycles. The second-order valence-corrected chi connectivity index (χ2v) is 7.26. The molecule has 128 valence electrons. The first kappa shape index (κ1) is 17.5. The Morgan fingerprint density at radius 3 is 2.35 bits per heavy atom. The molecular weight excluding hydrogens is 292 g/mol. The number of hydrogen-bond acceptors (Lipinski definition) is 5. The maximum atomic E-state index is 11.7. The van der Waals surface area contributed by atoms with Gasteiger partial charge in [0.05, 0.1) is 0 Å². The van der Waals surface area contributed by atoms with Crippen LogP contribution in [0.25, 0.3) is 0 Å². The van der Waals surface area contributed by atoms with Crippen LogP contribution in [0.3, 0.4) is 0 Å². The predicted octanol–water partition coefficient (Wildman–Crippen LogP) is 2.83. The number of carbonyl (C=O) groups is 1. The van der Waals surface area contributed by atoms with Crippen molar-refractivity contribution in [3.8, 4) is 0 Å². The first-order valence-electron chi connectivity index (χ1n) is 8.27. The van der Waals surface area contributed by atoms with Crippen molar-refractivity contribution < 1.29 is 9.53 Å². The fourth-order valence-electron chi connectivity index (χ4n) is 2.73. The van der Waals surface area contributed by atoms with Crippen LogP contribution in [0.4, 0.5) is 10.7 Å². The van der Waals surface area contributed by atoms with E-state index in [1.807, 2.05) is 40.7 Å². The fraction of sp³-hybridized carbons (Fsp3) is 0.706. The van der Waals surface area contributed by atoms with Crippen LogP contribution in [-0.4, -0.2) is 41.3 Å². The molecule has 1 N–H and O–H groups in total. The zero-order valence-electron chi connectivity index (χ0n) is 14.8. The normalized spacial score (nSPS) is 16.3. The fourth-order valence-corrected chi connectivity index (χ4v) is 2.73. The molecule has 1 aromatic heterocycles. The highest BCUT2D eigenvalue weighted by atomic mass is 16.6. The van der Waals surface area contributed by atoms with Crippen molar-refractivity contribution in [3.63, 3.8) is 0 Å². The zero-order valence-corrected chi connectivity index (χ0v) is 14.8. The summed E-state index contributed by atoms with van der Waals surface area (Å²) in [4.78, 5) is 23.0. The Hall–Kier alpha value is -1.85. The standard InChI is InChI=1S/C17H28N4O2/c1-12-10-13(2)20-15(19-12)21-8-6-14(7-9-21)11-18-16(22)23-17(3,4)5/h10,14H,6-9,11H2,1-5H3,(H,18,22). The van der Waals surface area contributed by atoms with Gasteiger partial charge in [-0.2, -0.15) is 0 Å². The zero-order chi connectivity index (χ0) is 17.0. The first-order chi connectivity index (χ1) is 10.7. The number of ether oxygens (including phenoxy) is 1. The third-order valence-electron chi connectivity index (χ3n) is 3.80. The molecule has 6 heteroatoms. The van der Waals surface area contributed by atoms with Crippen molar-refractivity contribution in [1.29, 1.82) is 0 Å². The summed E-state index contributed by atoms with van der Waals surface area (Å²) in [7, 11) is 0. The topological polar surface area (TPSA) is 67.4 Å². The molecule has 0 saturated carbocycles. The highest BCUT2D eigenvalue weighted by Crippen LogP contribution is 2.21. The number of anilines is 1. The Bertz CT molecular complexity index is 526. The summed E-state index contributed by atoms with van der Waals surface area (Å²) in [5.74, 6) is 1.30. The van der Waals surface area contributed by atoms with Crippen LogP contribution >= 0.6 is 0 Å². The van der Waals surface area contributed by atoms with E-state index in [1.54, 1.807) is 0 Å². The van der Waals surface area contributed by atoms with E-state index >= 15 is 0 Å². The third-order valence-corrected chi connectivity index (χ3v) is 3.80. The molecule has 0 aromatic carbocycles. The molecule has 1 amide bonds. The van der Waals surface area contributed by atoms with E-state index in [9.17, 15) is 4.79 Å². The number of piperidine rings is 1. The monoisotopic (exact) mass is 320 g/mol. The van der Waals surface area contributed by atoms with Crippen LogP contribution in [0.5, 0.6) is 0 Å². The van der Waals surface area contributed by atoms with Crippen molar-refractivity contribution >= 4 is 12.0 Å². The second-order valence-electron chi connectivity index (χ2n) is 7.26. The molecule has 2 rings (SSSR count). The molecule has 0 spiro atoms. The third kappa shape index (κ3) is 5.69. The molecule has 0 bridgehead atoms. The maximum absolute atomic E-state index is 11.7. The lowest BCUT2D eigenvalue weighted by Gasteiger charge is -2.32. The van der Waals surface area contributed by atoms with Gasteiger partial charge in [-0.05, 0) is 59.4 Å². The largest absolute Gasteiger partial charge is 0.444 e. The Kier molecular flexibility index (Phi) is 5.44. The van der Waals surface area contributed by atoms with E-state index in [0.29, 0.717) is 12.5 Å². The predicted molar refractivity (Wildman–Crippen MR) is 90.7 cm³/mol. The summed E-state index contributed by atoms with van der Waals surface area (Å²) >= 11 is 0. The van der Waals surface area contributed by atoms with Gasteiger partial charge in [-0.3, -0.25) is 0 Å². The number of aromatic nitrogens is 2. The highest BCUT2D eigenvalue weighted by Gasteiger charge is 2.23. The highest BCUT2D eigenvalue weighted by molar-refractivity contribution is 5.67. The number of hydrogen-bond donors (Lipinski definition) is 1. The number of aryl methyl sites for hydroxylation is 2. The molecular formula is C17H28N4O2. The first-order valence-corrected chi connectivity index (χ1v) is 8.27. The Morgan fingerprint density at radius 2 is 1.83 bits per heavy atom. The average Bonchev–Trinajstić information content (AvgIpc) is 2.43. The van der Waals surface area contributed by atoms with Crippen LogP contribution in [0.2, 0.25) is 0 Å². The van der Waals surface area contributed by atoms with Crippen molar-refractivity contribution in [2.75, 3.05) is 24.5 Å². The average molecular weight is 320 g/mol. The smallest absolute Gasteiger partial charge is 0.407 e. The van der Waals surface area contributed by atoms with Gasteiger partial charge in [0.25, 0.3) is 0 Å². The SMILES string of the molecule is Cc1cc(C)nc(N2CCC(CNC(=O)OC(C)(C)C)CC2)n1. The van der Waals surface area contributed by atoms with Gasteiger partial charge in [0.15, 0.2) is 0 Å². The maximum Gasteiger partial charge on any atom is 0.407 e. The molecule has 6 nitrogen and oxygen atoms in total. The van der Waals surface area contributed by atoms with Gasteiger partial charge in [0.1, 0.15) is 5.60 Å². The molecule has 2 heterocycles. The molecule has 1 aliphatic heterocycles. The molecule has 0 atom stereocenters. The van der Waals surface area contributed by atoms with Gasteiger partial charge < -0.3 is 15.0 Å². The molecule has 0 radical (unpaired) electrons. The van der Waals surface area contributed by atoms with Gasteiger partial charge in [-0.1, -0.05) is 0 Å². The minimum Gasteiger partial charge on any atom is -0.444 e. The lowest BCUT2D eigenvalue weighted by Crippen LogP contribution is -2.40. The van der Waals surface area contributed by atoms with E-state index in [0.717, 1.165) is 43.3 Å². The van der Waals surface area contributed by atoms with Gasteiger partial charge in [0.2, 0.25) is 5.95 Å². The molecule has 0 unspecified atom stereocenters. The number of amides is 1. The molecule has 1 aliphatic rings. The minimum atomic E-state index is -0.451. The van der Waals surface area contributed by atoms with Crippen LogP contribution in [0, 0.1) is 19.8 Å². The van der Waals surface area contributed by atoms with Crippen LogP contribution in [-0.2, 0) is 4.74 Å². The van der Waals surface area contributed by atoms with Crippen LogP contribution in [0.15, 0.2) is 6.07 Å². The van der Waals surface area contributed by atoms with Gasteiger partial charge in [-0.25, -0.2) is 14.8 Å². The van der Waals surface area contributed by atoms with Crippen molar-refractivity contribution in [2.45, 2.75) is 53.1 Å². The van der Waals surface area contributed by atoms with Gasteiger partial charge in [-0.15, -0.1) is 0 Å². The van der Waals surface area contributed by atoms with Gasteiger partial charge in [0, 0.05) is 31.0 Å². The summed E-state index contributed by atoms with van der Waals surface area (Å²) in [6, 6.07) is 1.99. The number of nitrogens with one attached hydrogen (secondary N) is 1. The van der Waals surface area contributed by atoms with Gasteiger partial charge >= 0.3 is 6.09 Å². The van der Waals surface area contributed by atoms with Crippen molar-refractivity contribution in [1.82, 2.24) is 15.3 Å². The minimum absolute atomic E-state index is 0.336. The van der Waals surface area contributed by atoms with E-state index < -0.39 is 5.60 Å². The number of alkyl carbamates (subject to hydrolysis) is 1. The summed E-state index contributed by atoms with van der Waals surface area (Å²) < 4.78 is 5.27. The van der Waals surface area contributed by atoms with Crippen molar-refractivity contribution in [3.05, 3.63) is 17.5 Å². The van der Waals surface area contributed by atoms with Crippen LogP contribution < -0.4 is 10.2 Å². The summed E-state index contributed by atoms with van der Waals surface area (Å²) in [5.41, 5.74) is 1.55. The summed E-state index contributed by atoms with van der Waals surface area (Å²) in [6.45, 7) is 12.1. The molecule has 1 fully saturated rings. The summed E-state index contributed by atoms with van der Waals surface area (Å²) in [6.07, 6.45) is 1.70. The van der Waals surface area contributed by atoms with Crippen LogP contribution in [0.1, 0.15) is 45.0 Å². The lowest BCUT2D eigenvalue weighted by molar-refractivity contribution is 0.0516. The number of nitrogens with zero attached hydrogens (tertiary/aromatic N) is 3. The Morgan fingerprint density at radius 1 is 1.26 bits per heavy atom. The molecule has 0 aliphatic carbocycles. The van der Waals surface area contributed by atoms with Crippen molar-refractivity contribution in [2.24, 2.45) is 5.92 Å². The second kappa shape index (κ2) is 7.15. The van der Waals surface area contributed by atoms with E-state index in [2.05, 4.69) is 20.2 Å². The van der Waals surface area contributed by atoms with E-state index in [4.69, 9.17) is 4.74 Å². The summed E-state index contributed by atoms with van der Waals surface area (Å²) in [5, 5.41) is 2.87. The quantitative estimate of drug-likeness (QED) is 0.927. The van der Waals surface area contributed by atoms with E-state index in [1.165, 1.54) is 0 Å². The Balaban J connectivity index is 1.79. The number of rotatable bonds is 3. The molecule has 23 heavy (non-hydrogen) atoms. The Labute approximate surface area is 138 Å².